The number of rotatable bonds is 7. The summed E-state index contributed by atoms with van der Waals surface area (Å²) in [4.78, 5) is 23.1. The molecule has 1 fully saturated rings. The van der Waals surface area contributed by atoms with Crippen molar-refractivity contribution in [1.82, 2.24) is 0 Å². The van der Waals surface area contributed by atoms with Gasteiger partial charge in [0, 0.05) is 17.6 Å². The molecular weight excluding hydrogens is 308 g/mol. The standard InChI is InChI=1S/C15H22O4S2/c1-10(2)14(16)18-9-12(19-15(17)11(3)4)8-13-20-6-5-7-21-13/h12-13H,1,3,5-9H2,2,4H3. The summed E-state index contributed by atoms with van der Waals surface area (Å²) in [5.41, 5.74) is 0.677. The Kier molecular flexibility index (Phi) is 7.96. The van der Waals surface area contributed by atoms with E-state index in [2.05, 4.69) is 13.2 Å². The summed E-state index contributed by atoms with van der Waals surface area (Å²) in [6.45, 7) is 10.4. The van der Waals surface area contributed by atoms with Crippen LogP contribution < -0.4 is 0 Å². The van der Waals surface area contributed by atoms with E-state index in [-0.39, 0.29) is 6.61 Å². The Labute approximate surface area is 134 Å². The van der Waals surface area contributed by atoms with Gasteiger partial charge in [-0.2, -0.15) is 0 Å². The molecule has 21 heavy (non-hydrogen) atoms. The highest BCUT2D eigenvalue weighted by Gasteiger charge is 2.24. The van der Waals surface area contributed by atoms with Crippen LogP contribution in [0.3, 0.4) is 0 Å². The van der Waals surface area contributed by atoms with Crippen molar-refractivity contribution in [1.29, 1.82) is 0 Å². The molecule has 0 amide bonds. The molecule has 0 aromatic carbocycles. The quantitative estimate of drug-likeness (QED) is 0.528. The predicted octanol–water partition coefficient (Wildman–Crippen LogP) is 3.18. The predicted molar refractivity (Wildman–Crippen MR) is 88.4 cm³/mol. The number of hydrogen-bond acceptors (Lipinski definition) is 6. The second-order valence-electron chi connectivity index (χ2n) is 4.95. The van der Waals surface area contributed by atoms with Gasteiger partial charge in [-0.25, -0.2) is 9.59 Å². The van der Waals surface area contributed by atoms with E-state index in [4.69, 9.17) is 9.47 Å². The fraction of sp³-hybridized carbons (Fsp3) is 0.600. The molecule has 0 bridgehead atoms. The average Bonchev–Trinajstić information content (AvgIpc) is 2.45. The highest BCUT2D eigenvalue weighted by atomic mass is 32.2. The summed E-state index contributed by atoms with van der Waals surface area (Å²) >= 11 is 3.72. The van der Waals surface area contributed by atoms with Crippen LogP contribution in [0.5, 0.6) is 0 Å². The first kappa shape index (κ1) is 18.2. The molecule has 0 N–H and O–H groups in total. The Morgan fingerprint density at radius 1 is 1.14 bits per heavy atom. The first-order valence-electron chi connectivity index (χ1n) is 6.82. The summed E-state index contributed by atoms with van der Waals surface area (Å²) in [5.74, 6) is 1.32. The van der Waals surface area contributed by atoms with E-state index < -0.39 is 18.0 Å². The number of hydrogen-bond donors (Lipinski definition) is 0. The Bertz CT molecular complexity index is 414. The average molecular weight is 330 g/mol. The van der Waals surface area contributed by atoms with E-state index >= 15 is 0 Å². The molecule has 1 atom stereocenters. The number of carbonyl (C=O) groups excluding carboxylic acids is 2. The van der Waals surface area contributed by atoms with Crippen molar-refractivity contribution >= 4 is 35.5 Å². The van der Waals surface area contributed by atoms with Crippen LogP contribution in [0.2, 0.25) is 0 Å². The fourth-order valence-corrected chi connectivity index (χ4v) is 4.58. The van der Waals surface area contributed by atoms with Gasteiger partial charge in [0.05, 0.1) is 4.58 Å². The first-order chi connectivity index (χ1) is 9.90. The summed E-state index contributed by atoms with van der Waals surface area (Å²) in [5, 5.41) is 0. The SMILES string of the molecule is C=C(C)C(=O)OCC(CC1SCCCS1)OC(=O)C(=C)C. The molecule has 1 saturated heterocycles. The first-order valence-corrected chi connectivity index (χ1v) is 8.92. The third-order valence-corrected chi connectivity index (χ3v) is 5.72. The maximum atomic E-state index is 11.7. The summed E-state index contributed by atoms with van der Waals surface area (Å²) in [6, 6.07) is 0. The molecule has 1 unspecified atom stereocenters. The van der Waals surface area contributed by atoms with Crippen LogP contribution >= 0.6 is 23.5 Å². The second kappa shape index (κ2) is 9.20. The summed E-state index contributed by atoms with van der Waals surface area (Å²) in [6.07, 6.45) is 1.42. The molecule has 0 aromatic rings. The Balaban J connectivity index is 2.55. The van der Waals surface area contributed by atoms with E-state index in [9.17, 15) is 9.59 Å². The number of esters is 2. The van der Waals surface area contributed by atoms with Gasteiger partial charge in [0.2, 0.25) is 0 Å². The Morgan fingerprint density at radius 2 is 1.71 bits per heavy atom. The van der Waals surface area contributed by atoms with Crippen LogP contribution in [-0.2, 0) is 19.1 Å². The molecule has 1 aliphatic rings. The molecule has 1 aliphatic heterocycles. The van der Waals surface area contributed by atoms with Crippen molar-refractivity contribution in [2.24, 2.45) is 0 Å². The second-order valence-corrected chi connectivity index (χ2v) is 7.87. The Morgan fingerprint density at radius 3 is 2.24 bits per heavy atom. The Hall–Kier alpha value is -0.880. The van der Waals surface area contributed by atoms with E-state index in [1.165, 1.54) is 6.42 Å². The van der Waals surface area contributed by atoms with Gasteiger partial charge < -0.3 is 9.47 Å². The molecular formula is C15H22O4S2. The van der Waals surface area contributed by atoms with Crippen molar-refractivity contribution in [2.75, 3.05) is 18.1 Å². The van der Waals surface area contributed by atoms with Gasteiger partial charge in [-0.1, -0.05) is 13.2 Å². The molecule has 0 spiro atoms. The van der Waals surface area contributed by atoms with Crippen molar-refractivity contribution in [3.05, 3.63) is 24.3 Å². The maximum Gasteiger partial charge on any atom is 0.333 e. The van der Waals surface area contributed by atoms with Gasteiger partial charge >= 0.3 is 11.9 Å². The molecule has 4 nitrogen and oxygen atoms in total. The molecule has 118 valence electrons. The summed E-state index contributed by atoms with van der Waals surface area (Å²) in [7, 11) is 0. The molecule has 6 heteroatoms. The monoisotopic (exact) mass is 330 g/mol. The van der Waals surface area contributed by atoms with E-state index in [0.29, 0.717) is 22.1 Å². The van der Waals surface area contributed by atoms with Crippen molar-refractivity contribution in [3.8, 4) is 0 Å². The van der Waals surface area contributed by atoms with Gasteiger partial charge in [-0.05, 0) is 31.8 Å². The van der Waals surface area contributed by atoms with Crippen molar-refractivity contribution in [2.45, 2.75) is 37.4 Å². The van der Waals surface area contributed by atoms with E-state index in [1.807, 2.05) is 23.5 Å². The summed E-state index contributed by atoms with van der Waals surface area (Å²) < 4.78 is 10.9. The van der Waals surface area contributed by atoms with Crippen LogP contribution in [-0.4, -0.2) is 40.7 Å². The van der Waals surface area contributed by atoms with Gasteiger partial charge in [-0.3, -0.25) is 0 Å². The van der Waals surface area contributed by atoms with Crippen LogP contribution in [0.1, 0.15) is 26.7 Å². The topological polar surface area (TPSA) is 52.6 Å². The lowest BCUT2D eigenvalue weighted by molar-refractivity contribution is -0.154. The lowest BCUT2D eigenvalue weighted by atomic mass is 10.2. The lowest BCUT2D eigenvalue weighted by Gasteiger charge is -2.25. The smallest absolute Gasteiger partial charge is 0.333 e. The zero-order valence-electron chi connectivity index (χ0n) is 12.6. The van der Waals surface area contributed by atoms with Gasteiger partial charge in [0.15, 0.2) is 0 Å². The third kappa shape index (κ3) is 7.09. The van der Waals surface area contributed by atoms with Crippen molar-refractivity contribution in [3.63, 3.8) is 0 Å². The maximum absolute atomic E-state index is 11.7. The van der Waals surface area contributed by atoms with E-state index in [0.717, 1.165) is 11.5 Å². The number of ether oxygens (including phenoxy) is 2. The third-order valence-electron chi connectivity index (χ3n) is 2.72. The fourth-order valence-electron chi connectivity index (χ4n) is 1.58. The van der Waals surface area contributed by atoms with Gasteiger partial charge in [0.1, 0.15) is 12.7 Å². The van der Waals surface area contributed by atoms with Gasteiger partial charge in [0.25, 0.3) is 0 Å². The minimum atomic E-state index is -0.463. The number of thioether (sulfide) groups is 2. The van der Waals surface area contributed by atoms with Crippen LogP contribution in [0.15, 0.2) is 24.3 Å². The lowest BCUT2D eigenvalue weighted by Crippen LogP contribution is -2.29. The molecule has 0 radical (unpaired) electrons. The molecule has 0 aromatic heterocycles. The molecule has 0 saturated carbocycles. The van der Waals surface area contributed by atoms with Crippen molar-refractivity contribution < 1.29 is 19.1 Å². The van der Waals surface area contributed by atoms with Crippen LogP contribution in [0, 0.1) is 0 Å². The van der Waals surface area contributed by atoms with Crippen LogP contribution in [0.4, 0.5) is 0 Å². The molecule has 1 rings (SSSR count). The van der Waals surface area contributed by atoms with Crippen LogP contribution in [0.25, 0.3) is 0 Å². The molecule has 0 aliphatic carbocycles. The zero-order valence-corrected chi connectivity index (χ0v) is 14.2. The highest BCUT2D eigenvalue weighted by Crippen LogP contribution is 2.34. The zero-order chi connectivity index (χ0) is 15.8. The van der Waals surface area contributed by atoms with E-state index in [1.54, 1.807) is 13.8 Å². The minimum absolute atomic E-state index is 0.0579. The van der Waals surface area contributed by atoms with Gasteiger partial charge in [-0.15, -0.1) is 23.5 Å². The number of carbonyl (C=O) groups is 2. The minimum Gasteiger partial charge on any atom is -0.458 e. The normalized spacial score (nSPS) is 16.9. The highest BCUT2D eigenvalue weighted by molar-refractivity contribution is 8.17. The molecule has 1 heterocycles. The largest absolute Gasteiger partial charge is 0.458 e.